The summed E-state index contributed by atoms with van der Waals surface area (Å²) in [5.74, 6) is 0.566. The van der Waals surface area contributed by atoms with Crippen molar-refractivity contribution in [3.05, 3.63) is 40.0 Å². The van der Waals surface area contributed by atoms with E-state index in [1.807, 2.05) is 0 Å². The highest BCUT2D eigenvalue weighted by Crippen LogP contribution is 2.18. The minimum atomic E-state index is -3.59. The molecule has 2 rings (SSSR count). The molecule has 7 heteroatoms. The predicted molar refractivity (Wildman–Crippen MR) is 68.3 cm³/mol. The first-order chi connectivity index (χ1) is 8.00. The molecule has 0 bridgehead atoms. The lowest BCUT2D eigenvalue weighted by Crippen LogP contribution is -2.23. The van der Waals surface area contributed by atoms with Gasteiger partial charge in [-0.25, -0.2) is 13.4 Å². The first-order valence-electron chi connectivity index (χ1n) is 4.66. The molecule has 17 heavy (non-hydrogen) atoms. The van der Waals surface area contributed by atoms with Crippen molar-refractivity contribution >= 4 is 30.8 Å². The molecule has 0 spiro atoms. The summed E-state index contributed by atoms with van der Waals surface area (Å²) in [5.41, 5.74) is 5.29. The topological polar surface area (TPSA) is 81.8 Å². The van der Waals surface area contributed by atoms with Crippen LogP contribution in [0.2, 0.25) is 0 Å². The predicted octanol–water partition coefficient (Wildman–Crippen LogP) is 1.41. The molecule has 2 N–H and O–H groups in total. The average molecular weight is 317 g/mol. The Balaban J connectivity index is 2.04. The van der Waals surface area contributed by atoms with Crippen LogP contribution in [-0.2, 0) is 9.84 Å². The lowest BCUT2D eigenvalue weighted by Gasteiger charge is -2.06. The second kappa shape index (κ2) is 4.50. The standard InChI is InChI=1S/C10H9BrN2O3S/c11-7-1-3-8(4-2-7)16-6-10-13-5-9(12)17(10,14)15/h1-5H,6,12H2. The van der Waals surface area contributed by atoms with Gasteiger partial charge in [-0.1, -0.05) is 15.9 Å². The fourth-order valence-electron chi connectivity index (χ4n) is 1.20. The van der Waals surface area contributed by atoms with E-state index < -0.39 is 9.84 Å². The van der Waals surface area contributed by atoms with Crippen molar-refractivity contribution in [3.8, 4) is 5.75 Å². The fraction of sp³-hybridized carbons (Fsp3) is 0.100. The Morgan fingerprint density at radius 2 is 1.94 bits per heavy atom. The summed E-state index contributed by atoms with van der Waals surface area (Å²) < 4.78 is 29.3. The molecule has 1 aliphatic rings. The second-order valence-electron chi connectivity index (χ2n) is 3.30. The molecular formula is C10H9BrN2O3S. The van der Waals surface area contributed by atoms with E-state index in [0.717, 1.165) is 10.7 Å². The third-order valence-corrected chi connectivity index (χ3v) is 4.23. The van der Waals surface area contributed by atoms with Crippen LogP contribution in [0.5, 0.6) is 5.75 Å². The maximum absolute atomic E-state index is 11.6. The van der Waals surface area contributed by atoms with Crippen LogP contribution < -0.4 is 10.5 Å². The van der Waals surface area contributed by atoms with Crippen LogP contribution in [0.3, 0.4) is 0 Å². The quantitative estimate of drug-likeness (QED) is 0.914. The van der Waals surface area contributed by atoms with Gasteiger partial charge in [0.05, 0.1) is 6.20 Å². The summed E-state index contributed by atoms with van der Waals surface area (Å²) in [6.07, 6.45) is 1.12. The first-order valence-corrected chi connectivity index (χ1v) is 6.93. The SMILES string of the molecule is NC1=CN=C(COc2ccc(Br)cc2)S1(=O)=O. The smallest absolute Gasteiger partial charge is 0.239 e. The third-order valence-electron chi connectivity index (χ3n) is 2.13. The van der Waals surface area contributed by atoms with Gasteiger partial charge in [0.15, 0.2) is 10.1 Å². The zero-order chi connectivity index (χ0) is 12.5. The van der Waals surface area contributed by atoms with Gasteiger partial charge in [0, 0.05) is 4.47 Å². The Hall–Kier alpha value is -1.34. The van der Waals surface area contributed by atoms with Crippen molar-refractivity contribution in [3.63, 3.8) is 0 Å². The molecule has 0 unspecified atom stereocenters. The molecule has 0 saturated heterocycles. The minimum absolute atomic E-state index is 0.0714. The van der Waals surface area contributed by atoms with E-state index >= 15 is 0 Å². The molecule has 1 heterocycles. The lowest BCUT2D eigenvalue weighted by molar-refractivity contribution is 0.378. The van der Waals surface area contributed by atoms with Crippen molar-refractivity contribution in [1.29, 1.82) is 0 Å². The van der Waals surface area contributed by atoms with Crippen LogP contribution in [0.4, 0.5) is 0 Å². The van der Waals surface area contributed by atoms with Crippen LogP contribution in [0.1, 0.15) is 0 Å². The summed E-state index contributed by atoms with van der Waals surface area (Å²) >= 11 is 3.29. The molecule has 5 nitrogen and oxygen atoms in total. The molecule has 1 aromatic rings. The average Bonchev–Trinajstić information content (AvgIpc) is 2.54. The maximum Gasteiger partial charge on any atom is 0.239 e. The van der Waals surface area contributed by atoms with Crippen molar-refractivity contribution in [2.75, 3.05) is 6.61 Å². The van der Waals surface area contributed by atoms with E-state index in [2.05, 4.69) is 20.9 Å². The monoisotopic (exact) mass is 316 g/mol. The summed E-state index contributed by atoms with van der Waals surface area (Å²) in [7, 11) is -3.59. The minimum Gasteiger partial charge on any atom is -0.487 e. The molecule has 0 atom stereocenters. The highest BCUT2D eigenvalue weighted by atomic mass is 79.9. The van der Waals surface area contributed by atoms with Crippen LogP contribution >= 0.6 is 15.9 Å². The van der Waals surface area contributed by atoms with E-state index in [1.54, 1.807) is 24.3 Å². The van der Waals surface area contributed by atoms with Crippen molar-refractivity contribution in [1.82, 2.24) is 0 Å². The van der Waals surface area contributed by atoms with Gasteiger partial charge < -0.3 is 10.5 Å². The third kappa shape index (κ3) is 2.50. The van der Waals surface area contributed by atoms with Crippen LogP contribution in [0.15, 0.2) is 45.0 Å². The fourth-order valence-corrected chi connectivity index (χ4v) is 2.33. The van der Waals surface area contributed by atoms with Crippen LogP contribution in [-0.4, -0.2) is 20.1 Å². The van der Waals surface area contributed by atoms with E-state index in [4.69, 9.17) is 10.5 Å². The number of hydrogen-bond donors (Lipinski definition) is 1. The first kappa shape index (κ1) is 12.1. The Kier molecular flexibility index (Phi) is 3.21. The molecule has 0 aliphatic carbocycles. The molecule has 0 aromatic heterocycles. The lowest BCUT2D eigenvalue weighted by atomic mass is 10.3. The molecule has 0 radical (unpaired) electrons. The van der Waals surface area contributed by atoms with E-state index in [0.29, 0.717) is 5.75 Å². The number of aliphatic imine (C=N–C) groups is 1. The normalized spacial score (nSPS) is 17.5. The molecule has 90 valence electrons. The summed E-state index contributed by atoms with van der Waals surface area (Å²) in [4.78, 5) is 3.71. The van der Waals surface area contributed by atoms with Crippen molar-refractivity contribution in [2.24, 2.45) is 10.7 Å². The van der Waals surface area contributed by atoms with Gasteiger partial charge >= 0.3 is 0 Å². The summed E-state index contributed by atoms with van der Waals surface area (Å²) in [6.45, 7) is -0.124. The molecule has 0 amide bonds. The molecule has 1 aromatic carbocycles. The Labute approximate surface area is 107 Å². The van der Waals surface area contributed by atoms with E-state index in [9.17, 15) is 8.42 Å². The van der Waals surface area contributed by atoms with Gasteiger partial charge in [0.25, 0.3) is 0 Å². The highest BCUT2D eigenvalue weighted by Gasteiger charge is 2.27. The zero-order valence-corrected chi connectivity index (χ0v) is 11.0. The number of sulfone groups is 1. The van der Waals surface area contributed by atoms with Gasteiger partial charge in [-0.15, -0.1) is 0 Å². The molecule has 1 aliphatic heterocycles. The van der Waals surface area contributed by atoms with Crippen molar-refractivity contribution in [2.45, 2.75) is 0 Å². The van der Waals surface area contributed by atoms with Crippen LogP contribution in [0.25, 0.3) is 0 Å². The maximum atomic E-state index is 11.6. The largest absolute Gasteiger partial charge is 0.487 e. The number of nitrogens with two attached hydrogens (primary N) is 1. The molecule has 0 fully saturated rings. The van der Waals surface area contributed by atoms with Gasteiger partial charge in [0.2, 0.25) is 9.84 Å². The Morgan fingerprint density at radius 1 is 1.29 bits per heavy atom. The van der Waals surface area contributed by atoms with Gasteiger partial charge in [0.1, 0.15) is 12.4 Å². The van der Waals surface area contributed by atoms with Gasteiger partial charge in [-0.3, -0.25) is 0 Å². The summed E-state index contributed by atoms with van der Waals surface area (Å²) in [6, 6.07) is 7.05. The Bertz CT molecular complexity index is 590. The van der Waals surface area contributed by atoms with Crippen LogP contribution in [0, 0.1) is 0 Å². The number of ether oxygens (including phenoxy) is 1. The van der Waals surface area contributed by atoms with E-state index in [1.165, 1.54) is 0 Å². The van der Waals surface area contributed by atoms with Gasteiger partial charge in [-0.2, -0.15) is 0 Å². The number of rotatable bonds is 3. The van der Waals surface area contributed by atoms with Gasteiger partial charge in [-0.05, 0) is 24.3 Å². The molecule has 0 saturated carbocycles. The van der Waals surface area contributed by atoms with Crippen molar-refractivity contribution < 1.29 is 13.2 Å². The number of nitrogens with zero attached hydrogens (tertiary/aromatic N) is 1. The number of halogens is 1. The number of hydrogen-bond acceptors (Lipinski definition) is 5. The number of benzene rings is 1. The highest BCUT2D eigenvalue weighted by molar-refractivity contribution is 9.10. The zero-order valence-electron chi connectivity index (χ0n) is 8.63. The van der Waals surface area contributed by atoms with E-state index in [-0.39, 0.29) is 16.7 Å². The Morgan fingerprint density at radius 3 is 2.47 bits per heavy atom. The second-order valence-corrected chi connectivity index (χ2v) is 6.17. The molecular weight excluding hydrogens is 308 g/mol. The summed E-state index contributed by atoms with van der Waals surface area (Å²) in [5, 5.41) is -0.315.